The zero-order valence-electron chi connectivity index (χ0n) is 21.7. The fourth-order valence-electron chi connectivity index (χ4n) is 6.56. The molecule has 1 fully saturated rings. The summed E-state index contributed by atoms with van der Waals surface area (Å²) in [6, 6.07) is 12.1. The SMILES string of the molecule is CC(C)Oc1ccc2c(c1)CCc1c-2c2c(c3c1[nH]c1ccc(OC(=O)NC4CCCC4)cc13)CNC2=O. The van der Waals surface area contributed by atoms with Crippen LogP contribution in [0, 0.1) is 0 Å². The van der Waals surface area contributed by atoms with Crippen LogP contribution in [0.1, 0.15) is 66.6 Å². The lowest BCUT2D eigenvalue weighted by Gasteiger charge is -2.24. The molecule has 1 aliphatic heterocycles. The molecule has 3 aliphatic rings. The van der Waals surface area contributed by atoms with Crippen molar-refractivity contribution in [3.8, 4) is 22.6 Å². The maximum atomic E-state index is 13.2. The number of H-pyrrole nitrogens is 1. The fraction of sp³-hybridized carbons (Fsp3) is 0.355. The number of hydrogen-bond acceptors (Lipinski definition) is 4. The smallest absolute Gasteiger partial charge is 0.412 e. The first-order valence-electron chi connectivity index (χ1n) is 13.7. The quantitative estimate of drug-likeness (QED) is 0.308. The van der Waals surface area contributed by atoms with Crippen LogP contribution >= 0.6 is 0 Å². The van der Waals surface area contributed by atoms with E-state index in [2.05, 4.69) is 27.8 Å². The number of carbonyl (C=O) groups is 2. The van der Waals surface area contributed by atoms with E-state index in [-0.39, 0.29) is 18.1 Å². The minimum atomic E-state index is -0.409. The molecule has 0 unspecified atom stereocenters. The number of hydrogen-bond donors (Lipinski definition) is 3. The van der Waals surface area contributed by atoms with Crippen molar-refractivity contribution in [2.75, 3.05) is 0 Å². The first-order valence-corrected chi connectivity index (χ1v) is 13.7. The van der Waals surface area contributed by atoms with Gasteiger partial charge in [0.25, 0.3) is 5.91 Å². The molecule has 0 saturated heterocycles. The van der Waals surface area contributed by atoms with Crippen molar-refractivity contribution in [1.29, 1.82) is 0 Å². The van der Waals surface area contributed by atoms with Crippen molar-refractivity contribution in [3.05, 3.63) is 58.7 Å². The van der Waals surface area contributed by atoms with Crippen LogP contribution < -0.4 is 20.1 Å². The van der Waals surface area contributed by atoms with Gasteiger partial charge in [-0.25, -0.2) is 4.79 Å². The predicted octanol–water partition coefficient (Wildman–Crippen LogP) is 6.15. The number of aryl methyl sites for hydroxylation is 2. The van der Waals surface area contributed by atoms with Gasteiger partial charge in [-0.1, -0.05) is 18.9 Å². The van der Waals surface area contributed by atoms with E-state index in [1.165, 1.54) is 11.1 Å². The highest BCUT2D eigenvalue weighted by molar-refractivity contribution is 6.19. The van der Waals surface area contributed by atoms with Crippen molar-refractivity contribution in [2.45, 2.75) is 71.1 Å². The Hall–Kier alpha value is -4.00. The van der Waals surface area contributed by atoms with Gasteiger partial charge in [-0.05, 0) is 92.1 Å². The van der Waals surface area contributed by atoms with Crippen molar-refractivity contribution < 1.29 is 19.1 Å². The molecule has 4 aromatic rings. The molecule has 1 aromatic heterocycles. The second-order valence-electron chi connectivity index (χ2n) is 11.0. The Balaban J connectivity index is 1.35. The molecule has 7 rings (SSSR count). The van der Waals surface area contributed by atoms with Crippen molar-refractivity contribution in [3.63, 3.8) is 0 Å². The predicted molar refractivity (Wildman–Crippen MR) is 147 cm³/mol. The number of fused-ring (bicyclic) bond motifs is 10. The van der Waals surface area contributed by atoms with Gasteiger partial charge >= 0.3 is 6.09 Å². The lowest BCUT2D eigenvalue weighted by atomic mass is 9.80. The standard InChI is InChI=1S/C31H31N3O4/c1-16(2)37-19-8-11-21-17(13-19)7-10-22-26(21)28-24(15-32-30(28)35)27-23-14-20(9-12-25(23)34-29(22)27)38-31(36)33-18-5-3-4-6-18/h8-9,11-14,16,18,34H,3-7,10,15H2,1-2H3,(H,32,35)(H,33,36). The number of ether oxygens (including phenoxy) is 2. The van der Waals surface area contributed by atoms with Crippen LogP contribution in [0.15, 0.2) is 36.4 Å². The molecule has 2 heterocycles. The first kappa shape index (κ1) is 23.1. The summed E-state index contributed by atoms with van der Waals surface area (Å²) in [5.74, 6) is 1.33. The second-order valence-corrected chi connectivity index (χ2v) is 11.0. The third kappa shape index (κ3) is 3.71. The van der Waals surface area contributed by atoms with Crippen LogP contribution in [-0.2, 0) is 19.4 Å². The summed E-state index contributed by atoms with van der Waals surface area (Å²) in [6.45, 7) is 4.52. The summed E-state index contributed by atoms with van der Waals surface area (Å²) in [7, 11) is 0. The van der Waals surface area contributed by atoms with Gasteiger partial charge in [-0.15, -0.1) is 0 Å². The van der Waals surface area contributed by atoms with Gasteiger partial charge in [0.15, 0.2) is 0 Å². The molecule has 7 nitrogen and oxygen atoms in total. The number of aromatic amines is 1. The van der Waals surface area contributed by atoms with Crippen LogP contribution in [0.5, 0.6) is 11.5 Å². The molecular weight excluding hydrogens is 478 g/mol. The second kappa shape index (κ2) is 8.79. The van der Waals surface area contributed by atoms with Crippen molar-refractivity contribution in [1.82, 2.24) is 15.6 Å². The van der Waals surface area contributed by atoms with Gasteiger partial charge in [0.1, 0.15) is 11.5 Å². The molecule has 1 saturated carbocycles. The lowest BCUT2D eigenvalue weighted by molar-refractivity contribution is 0.0966. The maximum Gasteiger partial charge on any atom is 0.412 e. The summed E-state index contributed by atoms with van der Waals surface area (Å²) in [4.78, 5) is 29.4. The Morgan fingerprint density at radius 3 is 2.63 bits per heavy atom. The zero-order valence-corrected chi connectivity index (χ0v) is 21.7. The third-order valence-electron chi connectivity index (χ3n) is 8.13. The molecule has 3 aromatic carbocycles. The van der Waals surface area contributed by atoms with E-state index in [0.717, 1.165) is 88.3 Å². The molecule has 194 valence electrons. The van der Waals surface area contributed by atoms with Crippen molar-refractivity contribution >= 4 is 33.8 Å². The molecule has 0 bridgehead atoms. The Morgan fingerprint density at radius 2 is 1.82 bits per heavy atom. The Bertz CT molecular complexity index is 1630. The fourth-order valence-corrected chi connectivity index (χ4v) is 6.56. The van der Waals surface area contributed by atoms with E-state index in [4.69, 9.17) is 9.47 Å². The number of rotatable bonds is 4. The number of carbonyl (C=O) groups excluding carboxylic acids is 2. The highest BCUT2D eigenvalue weighted by Crippen LogP contribution is 2.46. The summed E-state index contributed by atoms with van der Waals surface area (Å²) >= 11 is 0. The normalized spacial score (nSPS) is 16.4. The van der Waals surface area contributed by atoms with Crippen LogP contribution in [0.3, 0.4) is 0 Å². The minimum absolute atomic E-state index is 0.0359. The highest BCUT2D eigenvalue weighted by atomic mass is 16.6. The Labute approximate surface area is 220 Å². The molecule has 7 heteroatoms. The van der Waals surface area contributed by atoms with E-state index in [1.54, 1.807) is 0 Å². The number of amides is 2. The summed E-state index contributed by atoms with van der Waals surface area (Å²) in [5.41, 5.74) is 8.28. The van der Waals surface area contributed by atoms with E-state index < -0.39 is 6.09 Å². The van der Waals surface area contributed by atoms with E-state index in [0.29, 0.717) is 12.3 Å². The molecule has 0 atom stereocenters. The summed E-state index contributed by atoms with van der Waals surface area (Å²) in [5, 5.41) is 8.05. The van der Waals surface area contributed by atoms with Gasteiger partial charge in [0, 0.05) is 34.4 Å². The van der Waals surface area contributed by atoms with Crippen LogP contribution in [-0.4, -0.2) is 29.1 Å². The number of benzene rings is 3. The van der Waals surface area contributed by atoms with Gasteiger partial charge < -0.3 is 25.1 Å². The molecule has 2 amide bonds. The number of nitrogens with one attached hydrogen (secondary N) is 3. The van der Waals surface area contributed by atoms with Gasteiger partial charge in [-0.2, -0.15) is 0 Å². The molecular formula is C31H31N3O4. The van der Waals surface area contributed by atoms with E-state index >= 15 is 0 Å². The molecule has 0 spiro atoms. The topological polar surface area (TPSA) is 92.4 Å². The Kier molecular flexibility index (Phi) is 5.35. The van der Waals surface area contributed by atoms with Crippen LogP contribution in [0.2, 0.25) is 0 Å². The van der Waals surface area contributed by atoms with Gasteiger partial charge in [0.05, 0.1) is 17.2 Å². The van der Waals surface area contributed by atoms with Crippen molar-refractivity contribution in [2.24, 2.45) is 0 Å². The van der Waals surface area contributed by atoms with E-state index in [1.807, 2.05) is 38.1 Å². The summed E-state index contributed by atoms with van der Waals surface area (Å²) in [6.07, 6.45) is 5.69. The molecule has 0 radical (unpaired) electrons. The van der Waals surface area contributed by atoms with Crippen LogP contribution in [0.25, 0.3) is 32.9 Å². The molecule has 2 aliphatic carbocycles. The van der Waals surface area contributed by atoms with Gasteiger partial charge in [-0.3, -0.25) is 4.79 Å². The maximum absolute atomic E-state index is 13.2. The van der Waals surface area contributed by atoms with Crippen LogP contribution in [0.4, 0.5) is 4.79 Å². The summed E-state index contributed by atoms with van der Waals surface area (Å²) < 4.78 is 11.6. The minimum Gasteiger partial charge on any atom is -0.491 e. The first-order chi connectivity index (χ1) is 18.5. The monoisotopic (exact) mass is 509 g/mol. The lowest BCUT2D eigenvalue weighted by Crippen LogP contribution is -2.34. The average Bonchev–Trinajstić information content (AvgIpc) is 3.62. The largest absolute Gasteiger partial charge is 0.491 e. The molecule has 3 N–H and O–H groups in total. The average molecular weight is 510 g/mol. The van der Waals surface area contributed by atoms with E-state index in [9.17, 15) is 9.59 Å². The highest BCUT2D eigenvalue weighted by Gasteiger charge is 2.33. The molecule has 38 heavy (non-hydrogen) atoms. The number of aromatic nitrogens is 1. The Morgan fingerprint density at radius 1 is 1.00 bits per heavy atom. The zero-order chi connectivity index (χ0) is 26.0. The third-order valence-corrected chi connectivity index (χ3v) is 8.13. The van der Waals surface area contributed by atoms with Gasteiger partial charge in [0.2, 0.25) is 0 Å².